The van der Waals surface area contributed by atoms with E-state index in [0.29, 0.717) is 0 Å². The quantitative estimate of drug-likeness (QED) is 0.516. The molecule has 1 atom stereocenters. The van der Waals surface area contributed by atoms with E-state index in [2.05, 4.69) is 5.14 Å². The third-order valence-electron chi connectivity index (χ3n) is 0.278. The molecule has 0 radical (unpaired) electrons. The molecule has 0 spiro atoms. The molecule has 0 heterocycles. The minimum atomic E-state index is -1.44. The number of nitrogens with two attached hydrogens (primary N) is 1. The topological polar surface area (TPSA) is 43.1 Å². The Kier molecular flexibility index (Phi) is 3.26. The number of rotatable bonds is 2. The molecule has 0 aliphatic rings. The Labute approximate surface area is 38.1 Å². The van der Waals surface area contributed by atoms with Crippen LogP contribution in [0.25, 0.3) is 0 Å². The van der Waals surface area contributed by atoms with Crippen molar-refractivity contribution in [2.24, 2.45) is 5.14 Å². The molecule has 1 unspecified atom stereocenters. The van der Waals surface area contributed by atoms with Crippen molar-refractivity contribution in [3.63, 3.8) is 0 Å². The SMILES string of the molecule is NS(=O)CCF. The Hall–Kier alpha value is 0.0400. The summed E-state index contributed by atoms with van der Waals surface area (Å²) in [5.74, 6) is -0.0417. The third kappa shape index (κ3) is 4.04. The molecule has 6 heavy (non-hydrogen) atoms. The molecule has 2 N–H and O–H groups in total. The van der Waals surface area contributed by atoms with Crippen molar-refractivity contribution in [2.45, 2.75) is 0 Å². The minimum Gasteiger partial charge on any atom is -0.252 e. The highest BCUT2D eigenvalue weighted by atomic mass is 32.2. The van der Waals surface area contributed by atoms with E-state index >= 15 is 0 Å². The first-order valence-corrected chi connectivity index (χ1v) is 2.84. The average molecular weight is 111 g/mol. The average Bonchev–Trinajstić information content (AvgIpc) is 1.35. The summed E-state index contributed by atoms with van der Waals surface area (Å²) in [5.41, 5.74) is 0. The van der Waals surface area contributed by atoms with Gasteiger partial charge in [-0.25, -0.2) is 4.21 Å². The smallest absolute Gasteiger partial charge is 0.102 e. The first-order chi connectivity index (χ1) is 2.77. The summed E-state index contributed by atoms with van der Waals surface area (Å²) in [7, 11) is -1.44. The summed E-state index contributed by atoms with van der Waals surface area (Å²) in [6.45, 7) is -0.594. The monoisotopic (exact) mass is 111 g/mol. The van der Waals surface area contributed by atoms with E-state index in [1.54, 1.807) is 0 Å². The summed E-state index contributed by atoms with van der Waals surface area (Å²) in [6, 6.07) is 0. The number of halogens is 1. The maximum Gasteiger partial charge on any atom is 0.102 e. The van der Waals surface area contributed by atoms with Gasteiger partial charge in [0.15, 0.2) is 0 Å². The summed E-state index contributed by atoms with van der Waals surface area (Å²) < 4.78 is 20.7. The maximum absolute atomic E-state index is 11.0. The first kappa shape index (κ1) is 6.04. The molecular formula is C2H6FNOS. The predicted molar refractivity (Wildman–Crippen MR) is 23.2 cm³/mol. The summed E-state index contributed by atoms with van der Waals surface area (Å²) in [4.78, 5) is 0. The second-order valence-electron chi connectivity index (χ2n) is 0.774. The molecule has 4 heteroatoms. The van der Waals surface area contributed by atoms with E-state index in [0.717, 1.165) is 0 Å². The van der Waals surface area contributed by atoms with Crippen LogP contribution >= 0.6 is 0 Å². The Bertz CT molecular complexity index is 57.5. The maximum atomic E-state index is 11.0. The van der Waals surface area contributed by atoms with Crippen LogP contribution in [0.15, 0.2) is 0 Å². The van der Waals surface area contributed by atoms with Crippen LogP contribution in [-0.4, -0.2) is 16.6 Å². The van der Waals surface area contributed by atoms with Gasteiger partial charge in [0.25, 0.3) is 0 Å². The molecule has 0 aromatic heterocycles. The van der Waals surface area contributed by atoms with Crippen molar-refractivity contribution in [3.8, 4) is 0 Å². The van der Waals surface area contributed by atoms with Gasteiger partial charge in [-0.3, -0.25) is 9.53 Å². The molecule has 0 bridgehead atoms. The fraction of sp³-hybridized carbons (Fsp3) is 1.00. The zero-order valence-corrected chi connectivity index (χ0v) is 4.00. The lowest BCUT2D eigenvalue weighted by Gasteiger charge is -1.80. The number of hydrogen-bond acceptors (Lipinski definition) is 1. The van der Waals surface area contributed by atoms with Crippen molar-refractivity contribution in [3.05, 3.63) is 0 Å². The molecule has 2 nitrogen and oxygen atoms in total. The Morgan fingerprint density at radius 3 is 2.33 bits per heavy atom. The van der Waals surface area contributed by atoms with E-state index in [-0.39, 0.29) is 5.75 Å². The predicted octanol–water partition coefficient (Wildman–Crippen LogP) is -0.422. The van der Waals surface area contributed by atoms with Crippen LogP contribution in [-0.2, 0) is 11.0 Å². The standard InChI is InChI=1S/C2H6FNOS/c3-1-2-6(4)5/h1-2,4H2. The second-order valence-corrected chi connectivity index (χ2v) is 1.94. The summed E-state index contributed by atoms with van der Waals surface area (Å²) in [5, 5.41) is 4.64. The molecule has 0 aliphatic heterocycles. The summed E-state index contributed by atoms with van der Waals surface area (Å²) in [6.07, 6.45) is 0. The van der Waals surface area contributed by atoms with Gasteiger partial charge in [0.2, 0.25) is 0 Å². The van der Waals surface area contributed by atoms with Crippen molar-refractivity contribution >= 4 is 11.0 Å². The first-order valence-electron chi connectivity index (χ1n) is 1.46. The van der Waals surface area contributed by atoms with Gasteiger partial charge < -0.3 is 0 Å². The zero-order chi connectivity index (χ0) is 4.99. The van der Waals surface area contributed by atoms with Gasteiger partial charge in [-0.05, 0) is 0 Å². The normalized spacial score (nSPS) is 14.3. The van der Waals surface area contributed by atoms with Crippen LogP contribution in [0.5, 0.6) is 0 Å². The lowest BCUT2D eigenvalue weighted by atomic mass is 10.9. The Morgan fingerprint density at radius 2 is 2.33 bits per heavy atom. The largest absolute Gasteiger partial charge is 0.252 e. The van der Waals surface area contributed by atoms with Gasteiger partial charge in [0.1, 0.15) is 6.67 Å². The van der Waals surface area contributed by atoms with Gasteiger partial charge in [0, 0.05) is 0 Å². The van der Waals surface area contributed by atoms with Crippen LogP contribution in [0, 0.1) is 0 Å². The van der Waals surface area contributed by atoms with Crippen molar-refractivity contribution < 1.29 is 8.60 Å². The molecule has 38 valence electrons. The van der Waals surface area contributed by atoms with E-state index in [1.165, 1.54) is 0 Å². The van der Waals surface area contributed by atoms with E-state index < -0.39 is 17.7 Å². The number of alkyl halides is 1. The van der Waals surface area contributed by atoms with Gasteiger partial charge in [-0.15, -0.1) is 0 Å². The molecule has 0 saturated carbocycles. The van der Waals surface area contributed by atoms with Gasteiger partial charge in [-0.2, -0.15) is 0 Å². The zero-order valence-electron chi connectivity index (χ0n) is 3.19. The van der Waals surface area contributed by atoms with E-state index in [4.69, 9.17) is 0 Å². The molecule has 0 amide bonds. The van der Waals surface area contributed by atoms with Crippen LogP contribution in [0.3, 0.4) is 0 Å². The molecule has 0 saturated heterocycles. The fourth-order valence-corrected chi connectivity index (χ4v) is 0.228. The molecular weight excluding hydrogens is 105 g/mol. The highest BCUT2D eigenvalue weighted by molar-refractivity contribution is 7.82. The van der Waals surface area contributed by atoms with Crippen LogP contribution in [0.4, 0.5) is 4.39 Å². The van der Waals surface area contributed by atoms with Crippen molar-refractivity contribution in [2.75, 3.05) is 12.4 Å². The van der Waals surface area contributed by atoms with Gasteiger partial charge in [0.05, 0.1) is 16.7 Å². The third-order valence-corrected chi connectivity index (χ3v) is 0.835. The van der Waals surface area contributed by atoms with Gasteiger partial charge >= 0.3 is 0 Å². The van der Waals surface area contributed by atoms with Gasteiger partial charge in [-0.1, -0.05) is 0 Å². The summed E-state index contributed by atoms with van der Waals surface area (Å²) >= 11 is 0. The van der Waals surface area contributed by atoms with Crippen LogP contribution in [0.1, 0.15) is 0 Å². The number of hydrogen-bond donors (Lipinski definition) is 1. The Morgan fingerprint density at radius 1 is 1.83 bits per heavy atom. The van der Waals surface area contributed by atoms with Crippen molar-refractivity contribution in [1.82, 2.24) is 0 Å². The highest BCUT2D eigenvalue weighted by Crippen LogP contribution is 1.68. The highest BCUT2D eigenvalue weighted by Gasteiger charge is 1.84. The van der Waals surface area contributed by atoms with Crippen LogP contribution < -0.4 is 5.14 Å². The van der Waals surface area contributed by atoms with E-state index in [1.807, 2.05) is 0 Å². The second kappa shape index (κ2) is 3.24. The fourth-order valence-electron chi connectivity index (χ4n) is 0.0760. The molecule has 0 fully saturated rings. The Balaban J connectivity index is 2.83. The minimum absolute atomic E-state index is 0.0417. The lowest BCUT2D eigenvalue weighted by Crippen LogP contribution is -2.07. The van der Waals surface area contributed by atoms with Crippen LogP contribution in [0.2, 0.25) is 0 Å². The molecule has 0 aliphatic carbocycles. The van der Waals surface area contributed by atoms with Crippen molar-refractivity contribution in [1.29, 1.82) is 0 Å². The molecule has 0 aromatic carbocycles. The molecule has 0 aromatic rings. The van der Waals surface area contributed by atoms with E-state index in [9.17, 15) is 8.60 Å². The molecule has 0 rings (SSSR count). The lowest BCUT2D eigenvalue weighted by molar-refractivity contribution is 0.528.